The first-order valence-corrected chi connectivity index (χ1v) is 6.65. The van der Waals surface area contributed by atoms with Crippen molar-refractivity contribution in [3.8, 4) is 0 Å². The number of hydrogen-bond donors (Lipinski definition) is 0. The number of ketones is 1. The van der Waals surface area contributed by atoms with Crippen molar-refractivity contribution in [3.63, 3.8) is 0 Å². The third-order valence-corrected chi connectivity index (χ3v) is 3.32. The van der Waals surface area contributed by atoms with Crippen molar-refractivity contribution in [1.82, 2.24) is 4.90 Å². The van der Waals surface area contributed by atoms with Crippen LogP contribution >= 0.6 is 11.6 Å². The second-order valence-electron chi connectivity index (χ2n) is 4.67. The summed E-state index contributed by atoms with van der Waals surface area (Å²) in [6.07, 6.45) is 0. The Labute approximate surface area is 122 Å². The van der Waals surface area contributed by atoms with E-state index >= 15 is 0 Å². The first kappa shape index (κ1) is 14.7. The summed E-state index contributed by atoms with van der Waals surface area (Å²) < 4.78 is 13.5. The van der Waals surface area contributed by atoms with Gasteiger partial charge in [0.25, 0.3) is 0 Å². The van der Waals surface area contributed by atoms with Crippen LogP contribution in [0.15, 0.2) is 48.5 Å². The first-order valence-electron chi connectivity index (χ1n) is 6.27. The van der Waals surface area contributed by atoms with Crippen LogP contribution in [0.5, 0.6) is 0 Å². The van der Waals surface area contributed by atoms with Crippen molar-refractivity contribution >= 4 is 17.4 Å². The Morgan fingerprint density at radius 2 is 1.80 bits per heavy atom. The summed E-state index contributed by atoms with van der Waals surface area (Å²) in [7, 11) is 1.78. The predicted octanol–water partition coefficient (Wildman–Crippen LogP) is 3.79. The van der Waals surface area contributed by atoms with Gasteiger partial charge in [-0.3, -0.25) is 9.69 Å². The first-order chi connectivity index (χ1) is 9.58. The Kier molecular flexibility index (Phi) is 4.88. The average Bonchev–Trinajstić information content (AvgIpc) is 2.41. The van der Waals surface area contributed by atoms with E-state index in [-0.39, 0.29) is 18.1 Å². The molecule has 0 saturated heterocycles. The molecule has 20 heavy (non-hydrogen) atoms. The lowest BCUT2D eigenvalue weighted by molar-refractivity contribution is 0.0942. The highest BCUT2D eigenvalue weighted by Gasteiger charge is 2.13. The van der Waals surface area contributed by atoms with Gasteiger partial charge in [0.1, 0.15) is 5.82 Å². The van der Waals surface area contributed by atoms with Gasteiger partial charge in [0.15, 0.2) is 5.78 Å². The van der Waals surface area contributed by atoms with E-state index in [4.69, 9.17) is 11.6 Å². The van der Waals surface area contributed by atoms with Crippen LogP contribution in [0.25, 0.3) is 0 Å². The summed E-state index contributed by atoms with van der Waals surface area (Å²) in [6, 6.07) is 13.5. The molecule has 0 radical (unpaired) electrons. The van der Waals surface area contributed by atoms with Crippen LogP contribution in [0, 0.1) is 5.82 Å². The van der Waals surface area contributed by atoms with Crippen molar-refractivity contribution in [2.24, 2.45) is 0 Å². The van der Waals surface area contributed by atoms with Crippen LogP contribution in [-0.2, 0) is 6.54 Å². The summed E-state index contributed by atoms with van der Waals surface area (Å²) in [5, 5.41) is 0.441. The van der Waals surface area contributed by atoms with Gasteiger partial charge in [0, 0.05) is 17.7 Å². The molecule has 2 rings (SSSR count). The topological polar surface area (TPSA) is 20.3 Å². The molecule has 0 aliphatic carbocycles. The molecule has 2 aromatic rings. The number of benzene rings is 2. The van der Waals surface area contributed by atoms with E-state index in [1.165, 1.54) is 6.07 Å². The lowest BCUT2D eigenvalue weighted by atomic mass is 10.1. The van der Waals surface area contributed by atoms with E-state index in [0.29, 0.717) is 22.7 Å². The number of hydrogen-bond acceptors (Lipinski definition) is 2. The monoisotopic (exact) mass is 291 g/mol. The molecular weight excluding hydrogens is 277 g/mol. The molecule has 0 aromatic heterocycles. The highest BCUT2D eigenvalue weighted by atomic mass is 35.5. The van der Waals surface area contributed by atoms with Crippen molar-refractivity contribution in [2.45, 2.75) is 6.54 Å². The highest BCUT2D eigenvalue weighted by Crippen LogP contribution is 2.16. The maximum absolute atomic E-state index is 13.5. The van der Waals surface area contributed by atoms with Gasteiger partial charge in [0.05, 0.1) is 11.6 Å². The minimum Gasteiger partial charge on any atom is -0.294 e. The van der Waals surface area contributed by atoms with Gasteiger partial charge in [-0.2, -0.15) is 0 Å². The maximum Gasteiger partial charge on any atom is 0.178 e. The Bertz CT molecular complexity index is 615. The van der Waals surface area contributed by atoms with Crippen LogP contribution < -0.4 is 0 Å². The molecule has 2 nitrogen and oxygen atoms in total. The van der Waals surface area contributed by atoms with E-state index in [1.807, 2.05) is 0 Å². The van der Waals surface area contributed by atoms with Crippen molar-refractivity contribution in [3.05, 3.63) is 70.5 Å². The number of likely N-dealkylation sites (N-methyl/N-ethyl adjacent to an activating group) is 1. The number of carbonyl (C=O) groups excluding carboxylic acids is 1. The number of halogens is 2. The Morgan fingerprint density at radius 3 is 2.50 bits per heavy atom. The van der Waals surface area contributed by atoms with Crippen LogP contribution in [-0.4, -0.2) is 24.3 Å². The second-order valence-corrected chi connectivity index (χ2v) is 5.07. The largest absolute Gasteiger partial charge is 0.294 e. The van der Waals surface area contributed by atoms with Crippen molar-refractivity contribution in [2.75, 3.05) is 13.6 Å². The quantitative estimate of drug-likeness (QED) is 0.781. The third-order valence-electron chi connectivity index (χ3n) is 2.99. The van der Waals surface area contributed by atoms with Gasteiger partial charge in [-0.05, 0) is 25.2 Å². The lowest BCUT2D eigenvalue weighted by Gasteiger charge is -2.16. The standard InChI is InChI=1S/C16H15ClFNO/c1-19(10-12-6-2-5-9-15(12)18)11-16(20)13-7-3-4-8-14(13)17/h2-9H,10-11H2,1H3. The summed E-state index contributed by atoms with van der Waals surface area (Å²) >= 11 is 5.99. The molecule has 2 aromatic carbocycles. The van der Waals surface area contributed by atoms with E-state index in [9.17, 15) is 9.18 Å². The van der Waals surface area contributed by atoms with Crippen LogP contribution in [0.4, 0.5) is 4.39 Å². The fraction of sp³-hybridized carbons (Fsp3) is 0.188. The molecule has 0 aliphatic rings. The van der Waals surface area contributed by atoms with Gasteiger partial charge < -0.3 is 0 Å². The lowest BCUT2D eigenvalue weighted by Crippen LogP contribution is -2.26. The summed E-state index contributed by atoms with van der Waals surface area (Å²) in [5.74, 6) is -0.334. The molecule has 0 N–H and O–H groups in total. The summed E-state index contributed by atoms with van der Waals surface area (Å²) in [4.78, 5) is 13.9. The van der Waals surface area contributed by atoms with Gasteiger partial charge in [-0.15, -0.1) is 0 Å². The van der Waals surface area contributed by atoms with Gasteiger partial charge in [-0.25, -0.2) is 4.39 Å². The molecule has 0 amide bonds. The molecule has 0 saturated carbocycles. The number of carbonyl (C=O) groups is 1. The Balaban J connectivity index is 2.02. The Hall–Kier alpha value is -1.71. The number of nitrogens with zero attached hydrogens (tertiary/aromatic N) is 1. The molecule has 0 unspecified atom stereocenters. The summed E-state index contributed by atoms with van der Waals surface area (Å²) in [5.41, 5.74) is 1.07. The van der Waals surface area contributed by atoms with Gasteiger partial charge >= 0.3 is 0 Å². The normalized spacial score (nSPS) is 10.8. The average molecular weight is 292 g/mol. The van der Waals surface area contributed by atoms with Crippen molar-refractivity contribution < 1.29 is 9.18 Å². The zero-order valence-corrected chi connectivity index (χ0v) is 11.9. The van der Waals surface area contributed by atoms with Crippen LogP contribution in [0.3, 0.4) is 0 Å². The maximum atomic E-state index is 13.5. The van der Waals surface area contributed by atoms with E-state index < -0.39 is 0 Å². The van der Waals surface area contributed by atoms with E-state index in [1.54, 1.807) is 54.4 Å². The number of rotatable bonds is 5. The predicted molar refractivity (Wildman–Crippen MR) is 78.5 cm³/mol. The zero-order valence-electron chi connectivity index (χ0n) is 11.1. The molecule has 4 heteroatoms. The zero-order chi connectivity index (χ0) is 14.5. The molecule has 0 heterocycles. The minimum atomic E-state index is -0.260. The van der Waals surface area contributed by atoms with Crippen LogP contribution in [0.2, 0.25) is 5.02 Å². The smallest absolute Gasteiger partial charge is 0.178 e. The van der Waals surface area contributed by atoms with Crippen LogP contribution in [0.1, 0.15) is 15.9 Å². The van der Waals surface area contributed by atoms with Gasteiger partial charge in [0.2, 0.25) is 0 Å². The Morgan fingerprint density at radius 1 is 1.15 bits per heavy atom. The SMILES string of the molecule is CN(CC(=O)c1ccccc1Cl)Cc1ccccc1F. The molecule has 104 valence electrons. The molecule has 0 atom stereocenters. The molecule has 0 fully saturated rings. The molecule has 0 aliphatic heterocycles. The molecular formula is C16H15ClFNO. The fourth-order valence-electron chi connectivity index (χ4n) is 1.99. The van der Waals surface area contributed by atoms with Gasteiger partial charge in [-0.1, -0.05) is 41.9 Å². The van der Waals surface area contributed by atoms with Crippen molar-refractivity contribution in [1.29, 1.82) is 0 Å². The second kappa shape index (κ2) is 6.64. The third kappa shape index (κ3) is 3.65. The summed E-state index contributed by atoms with van der Waals surface area (Å²) in [6.45, 7) is 0.570. The molecule has 0 spiro atoms. The number of Topliss-reactive ketones (excluding diaryl/α,β-unsaturated/α-hetero) is 1. The van der Waals surface area contributed by atoms with E-state index in [0.717, 1.165) is 0 Å². The highest BCUT2D eigenvalue weighted by molar-refractivity contribution is 6.34. The fourth-order valence-corrected chi connectivity index (χ4v) is 2.23. The van der Waals surface area contributed by atoms with E-state index in [2.05, 4.69) is 0 Å². The minimum absolute atomic E-state index is 0.0746. The molecule has 0 bridgehead atoms.